The fraction of sp³-hybridized carbons (Fsp3) is 0.421. The van der Waals surface area contributed by atoms with Gasteiger partial charge in [0.15, 0.2) is 0 Å². The van der Waals surface area contributed by atoms with Gasteiger partial charge in [0.25, 0.3) is 5.91 Å². The summed E-state index contributed by atoms with van der Waals surface area (Å²) in [7, 11) is 3.14. The minimum atomic E-state index is -0.583. The Labute approximate surface area is 163 Å². The zero-order chi connectivity index (χ0) is 19.6. The number of benzene rings is 1. The van der Waals surface area contributed by atoms with Gasteiger partial charge in [0.05, 0.1) is 12.8 Å². The van der Waals surface area contributed by atoms with Crippen molar-refractivity contribution in [1.29, 1.82) is 0 Å². The van der Waals surface area contributed by atoms with Crippen LogP contribution in [0.2, 0.25) is 5.02 Å². The summed E-state index contributed by atoms with van der Waals surface area (Å²) in [6.45, 7) is 3.99. The van der Waals surface area contributed by atoms with Crippen molar-refractivity contribution in [2.75, 3.05) is 33.3 Å². The number of aryl methyl sites for hydroxylation is 2. The molecule has 1 fully saturated rings. The zero-order valence-corrected chi connectivity index (χ0v) is 16.4. The lowest BCUT2D eigenvalue weighted by Gasteiger charge is -2.38. The Kier molecular flexibility index (Phi) is 5.82. The fourth-order valence-corrected chi connectivity index (χ4v) is 3.68. The maximum absolute atomic E-state index is 12.8. The maximum Gasteiger partial charge on any atom is 0.327 e. The molecule has 0 N–H and O–H groups in total. The summed E-state index contributed by atoms with van der Waals surface area (Å²) in [5.41, 5.74) is 2.09. The van der Waals surface area contributed by atoms with Crippen LogP contribution in [-0.4, -0.2) is 64.7 Å². The van der Waals surface area contributed by atoms with Crippen molar-refractivity contribution in [1.82, 2.24) is 19.6 Å². The van der Waals surface area contributed by atoms with Crippen molar-refractivity contribution in [3.8, 4) is 0 Å². The number of halogens is 1. The third kappa shape index (κ3) is 3.99. The second-order valence-electron chi connectivity index (χ2n) is 6.57. The molecule has 2 aromatic rings. The average Bonchev–Trinajstić information content (AvgIpc) is 3.01. The molecule has 2 heterocycles. The van der Waals surface area contributed by atoms with Crippen molar-refractivity contribution in [3.05, 3.63) is 52.3 Å². The van der Waals surface area contributed by atoms with E-state index in [2.05, 4.69) is 5.10 Å². The predicted octanol–water partition coefficient (Wildman–Crippen LogP) is 2.05. The molecule has 27 heavy (non-hydrogen) atoms. The van der Waals surface area contributed by atoms with Crippen LogP contribution < -0.4 is 0 Å². The van der Waals surface area contributed by atoms with Crippen LogP contribution in [0.4, 0.5) is 0 Å². The normalized spacial score (nSPS) is 16.2. The van der Waals surface area contributed by atoms with Gasteiger partial charge >= 0.3 is 5.97 Å². The number of hydrogen-bond donors (Lipinski definition) is 0. The van der Waals surface area contributed by atoms with Gasteiger partial charge in [-0.25, -0.2) is 4.79 Å². The van der Waals surface area contributed by atoms with Gasteiger partial charge in [0, 0.05) is 38.2 Å². The lowest BCUT2D eigenvalue weighted by atomic mass is 10.0. The Morgan fingerprint density at radius 3 is 2.41 bits per heavy atom. The molecule has 1 amide bonds. The number of methoxy groups -OCH3 is 1. The summed E-state index contributed by atoms with van der Waals surface area (Å²) in [4.78, 5) is 29.0. The first-order chi connectivity index (χ1) is 12.9. The maximum atomic E-state index is 12.8. The van der Waals surface area contributed by atoms with Crippen LogP contribution in [0.25, 0.3) is 0 Å². The van der Waals surface area contributed by atoms with E-state index in [4.69, 9.17) is 16.3 Å². The highest BCUT2D eigenvalue weighted by molar-refractivity contribution is 6.31. The highest BCUT2D eigenvalue weighted by Gasteiger charge is 2.34. The largest absolute Gasteiger partial charge is 0.468 e. The summed E-state index contributed by atoms with van der Waals surface area (Å²) in [5.74, 6) is -0.407. The van der Waals surface area contributed by atoms with Gasteiger partial charge < -0.3 is 9.64 Å². The van der Waals surface area contributed by atoms with Crippen molar-refractivity contribution in [2.45, 2.75) is 13.0 Å². The number of piperazine rings is 1. The molecule has 1 saturated heterocycles. The fourth-order valence-electron chi connectivity index (χ4n) is 3.44. The highest BCUT2D eigenvalue weighted by Crippen LogP contribution is 2.29. The molecule has 7 nitrogen and oxygen atoms in total. The van der Waals surface area contributed by atoms with Crippen LogP contribution in [0, 0.1) is 6.92 Å². The second kappa shape index (κ2) is 8.10. The third-order valence-corrected chi connectivity index (χ3v) is 5.16. The summed E-state index contributed by atoms with van der Waals surface area (Å²) < 4.78 is 6.61. The first-order valence-electron chi connectivity index (χ1n) is 8.78. The number of carbonyl (C=O) groups excluding carboxylic acids is 2. The number of rotatable bonds is 4. The summed E-state index contributed by atoms with van der Waals surface area (Å²) in [5, 5.41) is 4.76. The molecule has 1 aliphatic rings. The summed E-state index contributed by atoms with van der Waals surface area (Å²) in [6, 6.07) is 8.47. The first-order valence-corrected chi connectivity index (χ1v) is 9.16. The minimum Gasteiger partial charge on any atom is -0.468 e. The molecule has 0 aliphatic carbocycles. The number of carbonyl (C=O) groups is 2. The van der Waals surface area contributed by atoms with Crippen LogP contribution in [-0.2, 0) is 16.6 Å². The summed E-state index contributed by atoms with van der Waals surface area (Å²) in [6.07, 6.45) is 0. The second-order valence-corrected chi connectivity index (χ2v) is 6.98. The quantitative estimate of drug-likeness (QED) is 0.747. The van der Waals surface area contributed by atoms with Gasteiger partial charge in [-0.15, -0.1) is 0 Å². The topological polar surface area (TPSA) is 67.7 Å². The minimum absolute atomic E-state index is 0.0508. The molecule has 1 aromatic heterocycles. The number of ether oxygens (including phenoxy) is 1. The Morgan fingerprint density at radius 1 is 1.19 bits per heavy atom. The average molecular weight is 391 g/mol. The third-order valence-electron chi connectivity index (χ3n) is 4.81. The van der Waals surface area contributed by atoms with E-state index in [1.165, 1.54) is 7.11 Å². The predicted molar refractivity (Wildman–Crippen MR) is 102 cm³/mol. The van der Waals surface area contributed by atoms with E-state index in [1.54, 1.807) is 28.8 Å². The van der Waals surface area contributed by atoms with E-state index in [9.17, 15) is 9.59 Å². The summed E-state index contributed by atoms with van der Waals surface area (Å²) >= 11 is 6.31. The molecule has 0 spiro atoms. The van der Waals surface area contributed by atoms with Gasteiger partial charge in [-0.05, 0) is 24.6 Å². The van der Waals surface area contributed by atoms with Crippen molar-refractivity contribution < 1.29 is 14.3 Å². The Bertz CT molecular complexity index is 843. The monoisotopic (exact) mass is 390 g/mol. The zero-order valence-electron chi connectivity index (χ0n) is 15.7. The molecule has 0 bridgehead atoms. The molecule has 1 unspecified atom stereocenters. The molecule has 1 atom stereocenters. The van der Waals surface area contributed by atoms with Gasteiger partial charge in [-0.3, -0.25) is 14.4 Å². The molecule has 1 aliphatic heterocycles. The number of amides is 1. The van der Waals surface area contributed by atoms with Crippen LogP contribution in [0.1, 0.15) is 27.8 Å². The molecular weight excluding hydrogens is 368 g/mol. The van der Waals surface area contributed by atoms with Crippen LogP contribution in [0.3, 0.4) is 0 Å². The Morgan fingerprint density at radius 2 is 1.85 bits per heavy atom. The molecule has 1 aromatic carbocycles. The Hall–Kier alpha value is -2.38. The molecule has 3 rings (SSSR count). The number of hydrogen-bond acceptors (Lipinski definition) is 5. The SMILES string of the molecule is COC(=O)C(c1ccccc1Cl)N1CCN(C(=O)c2cc(C)nn2C)CC1. The van der Waals surface area contributed by atoms with Gasteiger partial charge in [-0.1, -0.05) is 29.8 Å². The van der Waals surface area contributed by atoms with E-state index in [0.717, 1.165) is 5.69 Å². The molecule has 0 saturated carbocycles. The van der Waals surface area contributed by atoms with E-state index < -0.39 is 6.04 Å². The van der Waals surface area contributed by atoms with Gasteiger partial charge in [-0.2, -0.15) is 5.10 Å². The standard InChI is InChI=1S/C19H23ClN4O3/c1-13-12-16(22(2)21-13)18(25)24-10-8-23(9-11-24)17(19(26)27-3)14-6-4-5-7-15(14)20/h4-7,12,17H,8-11H2,1-3H3. The van der Waals surface area contributed by atoms with E-state index >= 15 is 0 Å². The van der Waals surface area contributed by atoms with Gasteiger partial charge in [0.2, 0.25) is 0 Å². The van der Waals surface area contributed by atoms with E-state index in [1.807, 2.05) is 30.0 Å². The number of aromatic nitrogens is 2. The van der Waals surface area contributed by atoms with Crippen LogP contribution in [0.5, 0.6) is 0 Å². The number of nitrogens with zero attached hydrogens (tertiary/aromatic N) is 4. The van der Waals surface area contributed by atoms with Crippen molar-refractivity contribution >= 4 is 23.5 Å². The molecule has 144 valence electrons. The van der Waals surface area contributed by atoms with Crippen LogP contribution in [0.15, 0.2) is 30.3 Å². The van der Waals surface area contributed by atoms with Crippen LogP contribution >= 0.6 is 11.6 Å². The molecule has 8 heteroatoms. The van der Waals surface area contributed by atoms with E-state index in [0.29, 0.717) is 42.5 Å². The smallest absolute Gasteiger partial charge is 0.327 e. The Balaban J connectivity index is 1.74. The number of esters is 1. The lowest BCUT2D eigenvalue weighted by Crippen LogP contribution is -2.51. The molecule has 0 radical (unpaired) electrons. The highest BCUT2D eigenvalue weighted by atomic mass is 35.5. The van der Waals surface area contributed by atoms with Crippen molar-refractivity contribution in [2.24, 2.45) is 7.05 Å². The van der Waals surface area contributed by atoms with E-state index in [-0.39, 0.29) is 11.9 Å². The van der Waals surface area contributed by atoms with Crippen molar-refractivity contribution in [3.63, 3.8) is 0 Å². The first kappa shape index (κ1) is 19.4. The lowest BCUT2D eigenvalue weighted by molar-refractivity contribution is -0.148. The molecular formula is C19H23ClN4O3. The van der Waals surface area contributed by atoms with Gasteiger partial charge in [0.1, 0.15) is 11.7 Å².